The van der Waals surface area contributed by atoms with Crippen molar-refractivity contribution in [3.63, 3.8) is 0 Å². The molecule has 0 rings (SSSR count). The summed E-state index contributed by atoms with van der Waals surface area (Å²) in [6.45, 7) is 5.52. The van der Waals surface area contributed by atoms with Crippen LogP contribution in [0.3, 0.4) is 0 Å². The monoisotopic (exact) mass is 233 g/mol. The minimum Gasteiger partial charge on any atom is -0.481 e. The first kappa shape index (κ1) is 14.7. The van der Waals surface area contributed by atoms with Crippen LogP contribution in [0.15, 0.2) is 0 Å². The van der Waals surface area contributed by atoms with E-state index in [1.54, 1.807) is 20.8 Å². The largest absolute Gasteiger partial charge is 0.481 e. The summed E-state index contributed by atoms with van der Waals surface area (Å²) in [5, 5.41) is 8.36. The number of aliphatic carboxylic acids is 1. The molecule has 2 N–H and O–H groups in total. The fraction of sp³-hybridized carbons (Fsp3) is 0.800. The molecule has 0 fully saturated rings. The number of ether oxygens (including phenoxy) is 1. The molecule has 16 heavy (non-hydrogen) atoms. The summed E-state index contributed by atoms with van der Waals surface area (Å²) in [5.74, 6) is -0.833. The molecule has 0 heterocycles. The van der Waals surface area contributed by atoms with Crippen LogP contribution < -0.4 is 5.48 Å². The second-order valence-electron chi connectivity index (χ2n) is 4.30. The number of hydroxylamine groups is 1. The number of rotatable bonds is 6. The zero-order valence-corrected chi connectivity index (χ0v) is 9.91. The molecule has 94 valence electrons. The molecule has 0 bridgehead atoms. The van der Waals surface area contributed by atoms with Crippen LogP contribution in [0.25, 0.3) is 0 Å². The number of unbranched alkanes of at least 4 members (excludes halogenated alkanes) is 1. The minimum absolute atomic E-state index is 0.107. The molecule has 0 atom stereocenters. The Bertz CT molecular complexity index is 234. The van der Waals surface area contributed by atoms with Gasteiger partial charge in [-0.25, -0.2) is 4.79 Å². The van der Waals surface area contributed by atoms with Gasteiger partial charge in [0.25, 0.3) is 0 Å². The topological polar surface area (TPSA) is 84.9 Å². The third kappa shape index (κ3) is 10.8. The standard InChI is InChI=1S/C10H19NO5/c1-10(2,3)16-9(14)11-15-7-5-4-6-8(12)13/h4-7H2,1-3H3,(H,11,14)(H,12,13). The van der Waals surface area contributed by atoms with E-state index in [0.717, 1.165) is 0 Å². The van der Waals surface area contributed by atoms with Crippen molar-refractivity contribution in [2.24, 2.45) is 0 Å². The fourth-order valence-corrected chi connectivity index (χ4v) is 0.859. The molecule has 0 spiro atoms. The van der Waals surface area contributed by atoms with Crippen LogP contribution in [0.4, 0.5) is 4.79 Å². The normalized spacial score (nSPS) is 10.9. The molecule has 0 unspecified atom stereocenters. The SMILES string of the molecule is CC(C)(C)OC(=O)NOCCCCC(=O)O. The van der Waals surface area contributed by atoms with Crippen molar-refractivity contribution in [3.05, 3.63) is 0 Å². The minimum atomic E-state index is -0.833. The molecule has 6 heteroatoms. The molecule has 0 saturated heterocycles. The van der Waals surface area contributed by atoms with Crippen molar-refractivity contribution < 1.29 is 24.3 Å². The van der Waals surface area contributed by atoms with E-state index in [9.17, 15) is 9.59 Å². The van der Waals surface area contributed by atoms with Gasteiger partial charge in [0.05, 0.1) is 6.61 Å². The van der Waals surface area contributed by atoms with E-state index in [2.05, 4.69) is 5.48 Å². The van der Waals surface area contributed by atoms with Gasteiger partial charge in [-0.2, -0.15) is 5.48 Å². The van der Waals surface area contributed by atoms with Gasteiger partial charge >= 0.3 is 12.1 Å². The molecule has 0 aromatic heterocycles. The van der Waals surface area contributed by atoms with Crippen LogP contribution >= 0.6 is 0 Å². The predicted molar refractivity (Wildman–Crippen MR) is 56.8 cm³/mol. The molecule has 0 aromatic rings. The van der Waals surface area contributed by atoms with E-state index in [1.165, 1.54) is 0 Å². The van der Waals surface area contributed by atoms with Crippen molar-refractivity contribution in [1.82, 2.24) is 5.48 Å². The zero-order valence-electron chi connectivity index (χ0n) is 9.91. The first-order chi connectivity index (χ1) is 7.31. The first-order valence-corrected chi connectivity index (χ1v) is 5.14. The predicted octanol–water partition coefficient (Wildman–Crippen LogP) is 1.70. The van der Waals surface area contributed by atoms with E-state index in [4.69, 9.17) is 14.7 Å². The van der Waals surface area contributed by atoms with Crippen molar-refractivity contribution in [3.8, 4) is 0 Å². The van der Waals surface area contributed by atoms with E-state index in [-0.39, 0.29) is 13.0 Å². The highest BCUT2D eigenvalue weighted by molar-refractivity contribution is 5.66. The highest BCUT2D eigenvalue weighted by Crippen LogP contribution is 2.06. The van der Waals surface area contributed by atoms with Gasteiger partial charge in [0.1, 0.15) is 5.60 Å². The summed E-state index contributed by atoms with van der Waals surface area (Å²) in [4.78, 5) is 26.0. The molecular weight excluding hydrogens is 214 g/mol. The van der Waals surface area contributed by atoms with E-state index >= 15 is 0 Å². The van der Waals surface area contributed by atoms with Crippen molar-refractivity contribution in [2.45, 2.75) is 45.6 Å². The summed E-state index contributed by atoms with van der Waals surface area (Å²) < 4.78 is 4.91. The Morgan fingerprint density at radius 2 is 1.88 bits per heavy atom. The highest BCUT2D eigenvalue weighted by Gasteiger charge is 2.15. The van der Waals surface area contributed by atoms with Crippen molar-refractivity contribution in [2.75, 3.05) is 6.61 Å². The van der Waals surface area contributed by atoms with Gasteiger partial charge in [0.2, 0.25) is 0 Å². The molecule has 0 aliphatic heterocycles. The highest BCUT2D eigenvalue weighted by atomic mass is 16.7. The van der Waals surface area contributed by atoms with Crippen LogP contribution in [0.1, 0.15) is 40.0 Å². The van der Waals surface area contributed by atoms with Crippen LogP contribution in [0.5, 0.6) is 0 Å². The third-order valence-electron chi connectivity index (χ3n) is 1.44. The number of carbonyl (C=O) groups is 2. The van der Waals surface area contributed by atoms with Crippen LogP contribution in [-0.4, -0.2) is 29.4 Å². The van der Waals surface area contributed by atoms with Crippen LogP contribution in [0, 0.1) is 0 Å². The summed E-state index contributed by atoms with van der Waals surface area (Å²) >= 11 is 0. The summed E-state index contributed by atoms with van der Waals surface area (Å²) in [7, 11) is 0. The molecular formula is C10H19NO5. The number of amides is 1. The van der Waals surface area contributed by atoms with Crippen LogP contribution in [0.2, 0.25) is 0 Å². The lowest BCUT2D eigenvalue weighted by atomic mass is 10.2. The Labute approximate surface area is 94.9 Å². The molecule has 0 aliphatic rings. The van der Waals surface area contributed by atoms with Gasteiger partial charge in [-0.1, -0.05) is 0 Å². The number of carboxylic acids is 1. The number of carbonyl (C=O) groups excluding carboxylic acids is 1. The quantitative estimate of drug-likeness (QED) is 0.538. The van der Waals surface area contributed by atoms with Crippen molar-refractivity contribution >= 4 is 12.1 Å². The number of hydrogen-bond acceptors (Lipinski definition) is 4. The van der Waals surface area contributed by atoms with E-state index < -0.39 is 17.7 Å². The second kappa shape index (κ2) is 7.05. The Hall–Kier alpha value is -1.30. The first-order valence-electron chi connectivity index (χ1n) is 5.14. The van der Waals surface area contributed by atoms with E-state index in [0.29, 0.717) is 12.8 Å². The van der Waals surface area contributed by atoms with Crippen LogP contribution in [-0.2, 0) is 14.4 Å². The van der Waals surface area contributed by atoms with Gasteiger partial charge in [-0.05, 0) is 33.6 Å². The molecule has 0 radical (unpaired) electrons. The Balaban J connectivity index is 3.38. The fourth-order valence-electron chi connectivity index (χ4n) is 0.859. The lowest BCUT2D eigenvalue weighted by Crippen LogP contribution is -2.32. The van der Waals surface area contributed by atoms with Gasteiger partial charge < -0.3 is 9.84 Å². The Morgan fingerprint density at radius 3 is 2.38 bits per heavy atom. The van der Waals surface area contributed by atoms with Gasteiger partial charge in [0.15, 0.2) is 0 Å². The zero-order chi connectivity index (χ0) is 12.6. The number of hydrogen-bond donors (Lipinski definition) is 2. The summed E-state index contributed by atoms with van der Waals surface area (Å²) in [6.07, 6.45) is 0.550. The maximum Gasteiger partial charge on any atom is 0.431 e. The molecule has 0 aliphatic carbocycles. The molecule has 1 amide bonds. The maximum atomic E-state index is 11.0. The number of nitrogens with one attached hydrogen (secondary N) is 1. The number of carboxylic acid groups (broad SMARTS) is 1. The Morgan fingerprint density at radius 1 is 1.25 bits per heavy atom. The third-order valence-corrected chi connectivity index (χ3v) is 1.44. The molecule has 6 nitrogen and oxygen atoms in total. The average Bonchev–Trinajstić information content (AvgIpc) is 2.07. The molecule has 0 aromatic carbocycles. The smallest absolute Gasteiger partial charge is 0.431 e. The average molecular weight is 233 g/mol. The van der Waals surface area contributed by atoms with Gasteiger partial charge in [-0.3, -0.25) is 9.63 Å². The molecule has 0 saturated carbocycles. The second-order valence-corrected chi connectivity index (χ2v) is 4.30. The summed E-state index contributed by atoms with van der Waals surface area (Å²) in [6, 6.07) is 0. The maximum absolute atomic E-state index is 11.0. The lowest BCUT2D eigenvalue weighted by Gasteiger charge is -2.19. The Kier molecular flexibility index (Phi) is 6.48. The van der Waals surface area contributed by atoms with Crippen molar-refractivity contribution in [1.29, 1.82) is 0 Å². The van der Waals surface area contributed by atoms with Gasteiger partial charge in [0, 0.05) is 6.42 Å². The van der Waals surface area contributed by atoms with Gasteiger partial charge in [-0.15, -0.1) is 0 Å². The van der Waals surface area contributed by atoms with E-state index in [1.807, 2.05) is 0 Å². The lowest BCUT2D eigenvalue weighted by molar-refractivity contribution is -0.137. The summed E-state index contributed by atoms with van der Waals surface area (Å²) in [5.41, 5.74) is 1.56.